The van der Waals surface area contributed by atoms with Crippen LogP contribution in [-0.4, -0.2) is 0 Å². The SMILES string of the molecule is CCCCC=C([O-])[O-]. The minimum Gasteiger partial charge on any atom is -0.884 e. The molecule has 2 heteroatoms. The predicted molar refractivity (Wildman–Crippen MR) is 27.6 cm³/mol. The Morgan fingerprint density at radius 1 is 1.50 bits per heavy atom. The lowest BCUT2D eigenvalue weighted by Gasteiger charge is -2.15. The van der Waals surface area contributed by atoms with Crippen molar-refractivity contribution in [3.63, 3.8) is 0 Å². The molecule has 0 aliphatic heterocycles. The zero-order valence-electron chi connectivity index (χ0n) is 5.02. The lowest BCUT2D eigenvalue weighted by Crippen LogP contribution is -2.17. The quantitative estimate of drug-likeness (QED) is 0.375. The molecule has 0 aromatic carbocycles. The van der Waals surface area contributed by atoms with Gasteiger partial charge in [-0.25, -0.2) is 5.95 Å². The summed E-state index contributed by atoms with van der Waals surface area (Å²) in [5, 5.41) is 19.4. The summed E-state index contributed by atoms with van der Waals surface area (Å²) in [5.74, 6) is -1.06. The number of allylic oxidation sites excluding steroid dienone is 1. The number of unbranched alkanes of at least 4 members (excludes halogenated alkanes) is 2. The van der Waals surface area contributed by atoms with Crippen molar-refractivity contribution in [2.24, 2.45) is 0 Å². The summed E-state index contributed by atoms with van der Waals surface area (Å²) in [7, 11) is 0. The van der Waals surface area contributed by atoms with E-state index >= 15 is 0 Å². The molecule has 0 aromatic heterocycles. The van der Waals surface area contributed by atoms with Gasteiger partial charge in [0.2, 0.25) is 0 Å². The van der Waals surface area contributed by atoms with Crippen LogP contribution in [0, 0.1) is 0 Å². The number of rotatable bonds is 3. The fraction of sp³-hybridized carbons (Fsp3) is 0.667. The minimum atomic E-state index is -1.06. The first-order valence-corrected chi connectivity index (χ1v) is 2.81. The van der Waals surface area contributed by atoms with E-state index in [-0.39, 0.29) is 0 Å². The topological polar surface area (TPSA) is 46.1 Å². The summed E-state index contributed by atoms with van der Waals surface area (Å²) >= 11 is 0. The van der Waals surface area contributed by atoms with Crippen LogP contribution in [0.2, 0.25) is 0 Å². The maximum absolute atomic E-state index is 9.71. The Kier molecular flexibility index (Phi) is 4.13. The van der Waals surface area contributed by atoms with Gasteiger partial charge in [-0.15, -0.1) is 6.08 Å². The molecule has 0 spiro atoms. The highest BCUT2D eigenvalue weighted by atomic mass is 16.5. The van der Waals surface area contributed by atoms with Crippen LogP contribution in [0.15, 0.2) is 12.0 Å². The first kappa shape index (κ1) is 7.34. The lowest BCUT2D eigenvalue weighted by molar-refractivity contribution is -0.513. The fourth-order valence-electron chi connectivity index (χ4n) is 0.424. The Bertz CT molecular complexity index is 72.6. The van der Waals surface area contributed by atoms with Gasteiger partial charge in [0.25, 0.3) is 0 Å². The average molecular weight is 114 g/mol. The van der Waals surface area contributed by atoms with Crippen LogP contribution >= 0.6 is 0 Å². The van der Waals surface area contributed by atoms with E-state index < -0.39 is 5.95 Å². The van der Waals surface area contributed by atoms with Gasteiger partial charge in [-0.05, 0) is 6.42 Å². The standard InChI is InChI=1S/C6H12O2/c1-2-3-4-5-6(7)8/h5,7-8H,2-4H2,1H3/p-2. The first-order chi connectivity index (χ1) is 3.77. The first-order valence-electron chi connectivity index (χ1n) is 2.81. The summed E-state index contributed by atoms with van der Waals surface area (Å²) in [4.78, 5) is 0. The van der Waals surface area contributed by atoms with Crippen molar-refractivity contribution in [2.75, 3.05) is 0 Å². The second kappa shape index (κ2) is 4.50. The number of hydrogen-bond acceptors (Lipinski definition) is 2. The molecule has 0 aromatic rings. The molecule has 0 N–H and O–H groups in total. The average Bonchev–Trinajstić information content (AvgIpc) is 1.66. The molecule has 0 bridgehead atoms. The molecule has 0 saturated heterocycles. The zero-order valence-corrected chi connectivity index (χ0v) is 5.02. The summed E-state index contributed by atoms with van der Waals surface area (Å²) in [6.45, 7) is 2.02. The Hall–Kier alpha value is -0.660. The van der Waals surface area contributed by atoms with Crippen molar-refractivity contribution < 1.29 is 10.2 Å². The highest BCUT2D eigenvalue weighted by Gasteiger charge is 1.73. The van der Waals surface area contributed by atoms with E-state index in [9.17, 15) is 10.2 Å². The van der Waals surface area contributed by atoms with Crippen LogP contribution in [0.5, 0.6) is 0 Å². The molecule has 0 atom stereocenters. The third-order valence-electron chi connectivity index (χ3n) is 0.869. The van der Waals surface area contributed by atoms with Gasteiger partial charge in [0.15, 0.2) is 0 Å². The van der Waals surface area contributed by atoms with Crippen molar-refractivity contribution in [3.05, 3.63) is 12.0 Å². The summed E-state index contributed by atoms with van der Waals surface area (Å²) in [5.41, 5.74) is 0. The van der Waals surface area contributed by atoms with E-state index in [4.69, 9.17) is 0 Å². The predicted octanol–water partition coefficient (Wildman–Crippen LogP) is -0.261. The van der Waals surface area contributed by atoms with Crippen LogP contribution in [0.25, 0.3) is 0 Å². The van der Waals surface area contributed by atoms with Gasteiger partial charge in [0, 0.05) is 0 Å². The van der Waals surface area contributed by atoms with Crippen molar-refractivity contribution >= 4 is 0 Å². The molecule has 0 aliphatic carbocycles. The van der Waals surface area contributed by atoms with Crippen LogP contribution in [-0.2, 0) is 0 Å². The zero-order chi connectivity index (χ0) is 6.41. The molecule has 2 nitrogen and oxygen atoms in total. The Balaban J connectivity index is 3.03. The van der Waals surface area contributed by atoms with Crippen molar-refractivity contribution in [1.82, 2.24) is 0 Å². The van der Waals surface area contributed by atoms with Crippen molar-refractivity contribution in [2.45, 2.75) is 26.2 Å². The van der Waals surface area contributed by atoms with E-state index in [1.54, 1.807) is 0 Å². The summed E-state index contributed by atoms with van der Waals surface area (Å²) in [6, 6.07) is 0. The molecule has 0 saturated carbocycles. The van der Waals surface area contributed by atoms with Crippen LogP contribution < -0.4 is 10.2 Å². The minimum absolute atomic E-state index is 0.638. The maximum Gasteiger partial charge on any atom is -0.0366 e. The van der Waals surface area contributed by atoms with Gasteiger partial charge in [-0.3, -0.25) is 0 Å². The van der Waals surface area contributed by atoms with Crippen molar-refractivity contribution in [3.8, 4) is 0 Å². The monoisotopic (exact) mass is 114 g/mol. The highest BCUT2D eigenvalue weighted by Crippen LogP contribution is 1.93. The second-order valence-corrected chi connectivity index (χ2v) is 1.67. The van der Waals surface area contributed by atoms with Gasteiger partial charge < -0.3 is 10.2 Å². The Morgan fingerprint density at radius 2 is 2.12 bits per heavy atom. The van der Waals surface area contributed by atoms with Crippen molar-refractivity contribution in [1.29, 1.82) is 0 Å². The van der Waals surface area contributed by atoms with Gasteiger partial charge in [-0.1, -0.05) is 19.8 Å². The molecule has 48 valence electrons. The molecular weight excluding hydrogens is 104 g/mol. The molecule has 0 amide bonds. The van der Waals surface area contributed by atoms with Crippen LogP contribution in [0.4, 0.5) is 0 Å². The largest absolute Gasteiger partial charge is 0.884 e. The lowest BCUT2D eigenvalue weighted by atomic mass is 10.2. The van der Waals surface area contributed by atoms with Gasteiger partial charge in [-0.2, -0.15) is 0 Å². The molecule has 0 radical (unpaired) electrons. The van der Waals surface area contributed by atoms with Gasteiger partial charge in [0.1, 0.15) is 0 Å². The third-order valence-corrected chi connectivity index (χ3v) is 0.869. The Labute approximate surface area is 49.5 Å². The van der Waals surface area contributed by atoms with E-state index in [0.717, 1.165) is 12.8 Å². The highest BCUT2D eigenvalue weighted by molar-refractivity contribution is 4.74. The van der Waals surface area contributed by atoms with Gasteiger partial charge >= 0.3 is 0 Å². The molecule has 0 aliphatic rings. The van der Waals surface area contributed by atoms with E-state index in [0.29, 0.717) is 6.42 Å². The number of hydrogen-bond donors (Lipinski definition) is 0. The normalized spacial score (nSPS) is 8.62. The molecule has 0 rings (SSSR count). The van der Waals surface area contributed by atoms with E-state index in [1.165, 1.54) is 6.08 Å². The van der Waals surface area contributed by atoms with E-state index in [1.807, 2.05) is 6.92 Å². The molecular formula is C6H10O2-2. The summed E-state index contributed by atoms with van der Waals surface area (Å²) in [6.07, 6.45) is 3.79. The maximum atomic E-state index is 9.71. The smallest absolute Gasteiger partial charge is 0.0366 e. The van der Waals surface area contributed by atoms with E-state index in [2.05, 4.69) is 0 Å². The van der Waals surface area contributed by atoms with Crippen LogP contribution in [0.3, 0.4) is 0 Å². The molecule has 8 heavy (non-hydrogen) atoms. The third kappa shape index (κ3) is 5.34. The second-order valence-electron chi connectivity index (χ2n) is 1.67. The van der Waals surface area contributed by atoms with Crippen LogP contribution in [0.1, 0.15) is 26.2 Å². The molecule has 0 unspecified atom stereocenters. The fourth-order valence-corrected chi connectivity index (χ4v) is 0.424. The summed E-state index contributed by atoms with van der Waals surface area (Å²) < 4.78 is 0. The molecule has 0 heterocycles. The van der Waals surface area contributed by atoms with Gasteiger partial charge in [0.05, 0.1) is 0 Å². The Morgan fingerprint density at radius 3 is 2.50 bits per heavy atom. The molecule has 0 fully saturated rings.